The van der Waals surface area contributed by atoms with Crippen LogP contribution >= 0.6 is 15.9 Å². The molecular weight excluding hydrogens is 289 g/mol. The second-order valence-electron chi connectivity index (χ2n) is 4.38. The van der Waals surface area contributed by atoms with E-state index in [-0.39, 0.29) is 5.82 Å². The fourth-order valence-corrected chi connectivity index (χ4v) is 2.07. The van der Waals surface area contributed by atoms with Crippen molar-refractivity contribution < 1.29 is 14.2 Å². The summed E-state index contributed by atoms with van der Waals surface area (Å²) in [5, 5.41) is 13.1. The van der Waals surface area contributed by atoms with Crippen LogP contribution in [0.25, 0.3) is 0 Å². The van der Waals surface area contributed by atoms with Gasteiger partial charge >= 0.3 is 0 Å². The Bertz CT molecular complexity index is 394. The third kappa shape index (κ3) is 3.48. The van der Waals surface area contributed by atoms with Crippen molar-refractivity contribution in [3.63, 3.8) is 0 Å². The number of nitrogens with one attached hydrogen (secondary N) is 1. The molecule has 17 heavy (non-hydrogen) atoms. The first-order valence-electron chi connectivity index (χ1n) is 5.54. The number of benzene rings is 1. The Hall–Kier alpha value is -0.490. The summed E-state index contributed by atoms with van der Waals surface area (Å²) >= 11 is 3.11. The van der Waals surface area contributed by atoms with Crippen molar-refractivity contribution in [2.45, 2.75) is 18.6 Å². The topological polar surface area (TPSA) is 41.5 Å². The molecule has 0 saturated carbocycles. The zero-order valence-corrected chi connectivity index (χ0v) is 11.0. The van der Waals surface area contributed by atoms with Gasteiger partial charge in [-0.05, 0) is 33.6 Å². The Kier molecular flexibility index (Phi) is 4.14. The quantitative estimate of drug-likeness (QED) is 0.892. The molecule has 5 heteroatoms. The molecule has 0 aliphatic carbocycles. The summed E-state index contributed by atoms with van der Waals surface area (Å²) < 4.78 is 18.8. The van der Waals surface area contributed by atoms with Crippen LogP contribution in [-0.2, 0) is 11.3 Å². The SMILES string of the molecule is OC1(CNCc2ccc(Br)c(F)c2)CCOC1. The monoisotopic (exact) mass is 303 g/mol. The van der Waals surface area contributed by atoms with E-state index in [1.54, 1.807) is 6.07 Å². The highest BCUT2D eigenvalue weighted by Crippen LogP contribution is 2.18. The molecule has 1 aliphatic heterocycles. The van der Waals surface area contributed by atoms with Crippen molar-refractivity contribution in [2.24, 2.45) is 0 Å². The van der Waals surface area contributed by atoms with E-state index in [0.717, 1.165) is 5.56 Å². The van der Waals surface area contributed by atoms with Crippen molar-refractivity contribution in [1.82, 2.24) is 5.32 Å². The molecule has 1 atom stereocenters. The first-order valence-corrected chi connectivity index (χ1v) is 6.33. The Balaban J connectivity index is 1.83. The minimum Gasteiger partial charge on any atom is -0.386 e. The van der Waals surface area contributed by atoms with Crippen molar-refractivity contribution in [1.29, 1.82) is 0 Å². The van der Waals surface area contributed by atoms with Gasteiger partial charge in [0.25, 0.3) is 0 Å². The largest absolute Gasteiger partial charge is 0.386 e. The molecule has 3 nitrogen and oxygen atoms in total. The van der Waals surface area contributed by atoms with Crippen molar-refractivity contribution in [2.75, 3.05) is 19.8 Å². The first kappa shape index (κ1) is 13.0. The van der Waals surface area contributed by atoms with Gasteiger partial charge in [0.15, 0.2) is 0 Å². The van der Waals surface area contributed by atoms with Crippen molar-refractivity contribution >= 4 is 15.9 Å². The summed E-state index contributed by atoms with van der Waals surface area (Å²) in [5.41, 5.74) is 0.0849. The Morgan fingerprint density at radius 2 is 2.35 bits per heavy atom. The van der Waals surface area contributed by atoms with Gasteiger partial charge in [0.1, 0.15) is 11.4 Å². The van der Waals surface area contributed by atoms with E-state index in [2.05, 4.69) is 21.2 Å². The molecule has 2 N–H and O–H groups in total. The van der Waals surface area contributed by atoms with Gasteiger partial charge in [-0.3, -0.25) is 0 Å². The number of rotatable bonds is 4. The third-order valence-corrected chi connectivity index (χ3v) is 3.49. The van der Waals surface area contributed by atoms with Crippen LogP contribution in [0.5, 0.6) is 0 Å². The highest BCUT2D eigenvalue weighted by molar-refractivity contribution is 9.10. The molecule has 1 aromatic carbocycles. The van der Waals surface area contributed by atoms with Crippen LogP contribution in [0.4, 0.5) is 4.39 Å². The maximum Gasteiger partial charge on any atom is 0.137 e. The molecule has 1 aliphatic rings. The Morgan fingerprint density at radius 3 is 3.00 bits per heavy atom. The average Bonchev–Trinajstić information content (AvgIpc) is 2.71. The predicted molar refractivity (Wildman–Crippen MR) is 66.2 cm³/mol. The van der Waals surface area contributed by atoms with E-state index in [4.69, 9.17) is 4.74 Å². The fourth-order valence-electron chi connectivity index (χ4n) is 1.82. The molecule has 1 saturated heterocycles. The fraction of sp³-hybridized carbons (Fsp3) is 0.500. The van der Waals surface area contributed by atoms with Crippen LogP contribution in [-0.4, -0.2) is 30.5 Å². The number of hydrogen-bond acceptors (Lipinski definition) is 3. The molecule has 94 valence electrons. The number of ether oxygens (including phenoxy) is 1. The van der Waals surface area contributed by atoms with Gasteiger partial charge in [-0.1, -0.05) is 6.07 Å². The van der Waals surface area contributed by atoms with E-state index in [1.165, 1.54) is 6.07 Å². The molecule has 2 rings (SSSR count). The van der Waals surface area contributed by atoms with Gasteiger partial charge in [-0.25, -0.2) is 4.39 Å². The molecule has 1 unspecified atom stereocenters. The van der Waals surface area contributed by atoms with Crippen LogP contribution in [0.2, 0.25) is 0 Å². The lowest BCUT2D eigenvalue weighted by molar-refractivity contribution is 0.0268. The second kappa shape index (κ2) is 5.44. The van der Waals surface area contributed by atoms with E-state index in [9.17, 15) is 9.50 Å². The van der Waals surface area contributed by atoms with Gasteiger partial charge in [-0.15, -0.1) is 0 Å². The Morgan fingerprint density at radius 1 is 1.53 bits per heavy atom. The van der Waals surface area contributed by atoms with Crippen LogP contribution in [0.1, 0.15) is 12.0 Å². The molecule has 0 amide bonds. The minimum absolute atomic E-state index is 0.271. The summed E-state index contributed by atoms with van der Waals surface area (Å²) in [6, 6.07) is 5.00. The normalized spacial score (nSPS) is 24.2. The summed E-state index contributed by atoms with van der Waals surface area (Å²) in [6.07, 6.45) is 0.648. The molecule has 1 fully saturated rings. The second-order valence-corrected chi connectivity index (χ2v) is 5.23. The molecule has 1 aromatic rings. The highest BCUT2D eigenvalue weighted by Gasteiger charge is 2.31. The number of hydrogen-bond donors (Lipinski definition) is 2. The lowest BCUT2D eigenvalue weighted by atomic mass is 10.0. The lowest BCUT2D eigenvalue weighted by Gasteiger charge is -2.20. The number of halogens is 2. The molecule has 0 spiro atoms. The van der Waals surface area contributed by atoms with E-state index in [0.29, 0.717) is 37.2 Å². The summed E-state index contributed by atoms with van der Waals surface area (Å²) in [5.74, 6) is -0.271. The van der Waals surface area contributed by atoms with Crippen molar-refractivity contribution in [3.8, 4) is 0 Å². The molecule has 1 heterocycles. The third-order valence-electron chi connectivity index (χ3n) is 2.85. The standard InChI is InChI=1S/C12H15BrFNO2/c13-10-2-1-9(5-11(10)14)6-15-7-12(16)3-4-17-8-12/h1-2,5,15-16H,3-4,6-8H2. The van der Waals surface area contributed by atoms with Crippen LogP contribution in [0, 0.1) is 5.82 Å². The summed E-state index contributed by atoms with van der Waals surface area (Å²) in [4.78, 5) is 0. The minimum atomic E-state index is -0.770. The zero-order valence-electron chi connectivity index (χ0n) is 9.38. The Labute approximate surface area is 108 Å². The molecular formula is C12H15BrFNO2. The van der Waals surface area contributed by atoms with E-state index < -0.39 is 5.60 Å². The van der Waals surface area contributed by atoms with Crippen LogP contribution in [0.15, 0.2) is 22.7 Å². The molecule has 0 radical (unpaired) electrons. The maximum atomic E-state index is 13.2. The first-order chi connectivity index (χ1) is 8.09. The van der Waals surface area contributed by atoms with Gasteiger partial charge in [-0.2, -0.15) is 0 Å². The molecule has 0 bridgehead atoms. The maximum absolute atomic E-state index is 13.2. The zero-order chi connectivity index (χ0) is 12.3. The number of aliphatic hydroxyl groups is 1. The van der Waals surface area contributed by atoms with Crippen LogP contribution < -0.4 is 5.32 Å². The summed E-state index contributed by atoms with van der Waals surface area (Å²) in [7, 11) is 0. The van der Waals surface area contributed by atoms with Gasteiger partial charge < -0.3 is 15.2 Å². The van der Waals surface area contributed by atoms with Gasteiger partial charge in [0.2, 0.25) is 0 Å². The predicted octanol–water partition coefficient (Wildman–Crippen LogP) is 1.83. The van der Waals surface area contributed by atoms with Gasteiger partial charge in [0, 0.05) is 26.1 Å². The van der Waals surface area contributed by atoms with Crippen molar-refractivity contribution in [3.05, 3.63) is 34.1 Å². The van der Waals surface area contributed by atoms with Gasteiger partial charge in [0.05, 0.1) is 11.1 Å². The smallest absolute Gasteiger partial charge is 0.137 e. The van der Waals surface area contributed by atoms with E-state index >= 15 is 0 Å². The lowest BCUT2D eigenvalue weighted by Crippen LogP contribution is -2.40. The molecule has 0 aromatic heterocycles. The summed E-state index contributed by atoms with van der Waals surface area (Å²) in [6.45, 7) is 1.97. The van der Waals surface area contributed by atoms with E-state index in [1.807, 2.05) is 6.07 Å². The highest BCUT2D eigenvalue weighted by atomic mass is 79.9. The van der Waals surface area contributed by atoms with Crippen LogP contribution in [0.3, 0.4) is 0 Å². The average molecular weight is 304 g/mol.